The molecule has 3 heteroatoms. The van der Waals surface area contributed by atoms with Gasteiger partial charge in [-0.1, -0.05) is 95.0 Å². The zero-order valence-corrected chi connectivity index (χ0v) is 18.6. The minimum atomic E-state index is 0.924. The van der Waals surface area contributed by atoms with E-state index in [1.807, 2.05) is 30.7 Å². The summed E-state index contributed by atoms with van der Waals surface area (Å²) in [4.78, 5) is 11.3. The van der Waals surface area contributed by atoms with Crippen molar-refractivity contribution in [1.29, 1.82) is 0 Å². The Hall–Kier alpha value is -2.42. The molecule has 30 heavy (non-hydrogen) atoms. The van der Waals surface area contributed by atoms with E-state index in [-0.39, 0.29) is 0 Å². The molecule has 160 valence electrons. The molecule has 3 rings (SSSR count). The average Bonchev–Trinajstić information content (AvgIpc) is 2.81. The summed E-state index contributed by atoms with van der Waals surface area (Å²) in [6.07, 6.45) is 20.9. The SMILES string of the molecule is CCCCCCCCCCCCC1=CN=CN(c2ccc(-c3ccccc3)nc2)C1. The largest absolute Gasteiger partial charge is 0.327 e. The molecule has 1 aliphatic heterocycles. The van der Waals surface area contributed by atoms with Crippen molar-refractivity contribution in [2.24, 2.45) is 4.99 Å². The molecular formula is C27H37N3. The third-order valence-corrected chi connectivity index (χ3v) is 5.84. The van der Waals surface area contributed by atoms with Crippen LogP contribution in [0.4, 0.5) is 5.69 Å². The Morgan fingerprint density at radius 1 is 0.800 bits per heavy atom. The van der Waals surface area contributed by atoms with E-state index < -0.39 is 0 Å². The topological polar surface area (TPSA) is 28.5 Å². The number of aromatic nitrogens is 1. The van der Waals surface area contributed by atoms with E-state index in [4.69, 9.17) is 0 Å². The molecule has 2 heterocycles. The van der Waals surface area contributed by atoms with Crippen LogP contribution in [0, 0.1) is 0 Å². The maximum absolute atomic E-state index is 4.65. The van der Waals surface area contributed by atoms with Crippen molar-refractivity contribution in [3.63, 3.8) is 0 Å². The molecule has 0 bridgehead atoms. The van der Waals surface area contributed by atoms with Crippen LogP contribution in [0.5, 0.6) is 0 Å². The molecule has 2 aromatic rings. The first-order valence-electron chi connectivity index (χ1n) is 11.9. The highest BCUT2D eigenvalue weighted by atomic mass is 15.2. The predicted octanol–water partition coefficient (Wildman–Crippen LogP) is 7.79. The van der Waals surface area contributed by atoms with Crippen LogP contribution in [0.25, 0.3) is 11.3 Å². The number of rotatable bonds is 13. The Labute approximate surface area is 183 Å². The van der Waals surface area contributed by atoms with Gasteiger partial charge in [-0.25, -0.2) is 4.99 Å². The molecule has 1 aromatic heterocycles. The van der Waals surface area contributed by atoms with Gasteiger partial charge in [-0.05, 0) is 30.5 Å². The van der Waals surface area contributed by atoms with Crippen LogP contribution in [0.15, 0.2) is 65.4 Å². The number of nitrogens with zero attached hydrogens (tertiary/aromatic N) is 3. The van der Waals surface area contributed by atoms with Crippen molar-refractivity contribution in [3.8, 4) is 11.3 Å². The lowest BCUT2D eigenvalue weighted by Gasteiger charge is -2.23. The second-order valence-corrected chi connectivity index (χ2v) is 8.38. The van der Waals surface area contributed by atoms with E-state index in [1.165, 1.54) is 69.8 Å². The highest BCUT2D eigenvalue weighted by molar-refractivity contribution is 5.81. The van der Waals surface area contributed by atoms with Gasteiger partial charge in [-0.2, -0.15) is 0 Å². The van der Waals surface area contributed by atoms with Crippen LogP contribution < -0.4 is 4.90 Å². The zero-order chi connectivity index (χ0) is 20.9. The van der Waals surface area contributed by atoms with Crippen LogP contribution in [-0.2, 0) is 0 Å². The first-order valence-corrected chi connectivity index (χ1v) is 11.9. The lowest BCUT2D eigenvalue weighted by atomic mass is 10.0. The van der Waals surface area contributed by atoms with E-state index in [1.54, 1.807) is 0 Å². The molecule has 0 spiro atoms. The number of aliphatic imine (C=N–C) groups is 1. The number of unbranched alkanes of at least 4 members (excludes halogenated alkanes) is 9. The summed E-state index contributed by atoms with van der Waals surface area (Å²) in [5, 5.41) is 0. The molecule has 0 saturated carbocycles. The third-order valence-electron chi connectivity index (χ3n) is 5.84. The van der Waals surface area contributed by atoms with Gasteiger partial charge in [0.1, 0.15) is 0 Å². The number of anilines is 1. The second-order valence-electron chi connectivity index (χ2n) is 8.38. The van der Waals surface area contributed by atoms with E-state index >= 15 is 0 Å². The smallest absolute Gasteiger partial charge is 0.0952 e. The summed E-state index contributed by atoms with van der Waals surface area (Å²) in [6, 6.07) is 14.6. The molecule has 3 nitrogen and oxygen atoms in total. The second kappa shape index (κ2) is 13.0. The summed E-state index contributed by atoms with van der Waals surface area (Å²) in [7, 11) is 0. The van der Waals surface area contributed by atoms with Crippen molar-refractivity contribution in [1.82, 2.24) is 4.98 Å². The fourth-order valence-corrected chi connectivity index (χ4v) is 4.00. The maximum Gasteiger partial charge on any atom is 0.0952 e. The Balaban J connectivity index is 1.34. The van der Waals surface area contributed by atoms with Crippen molar-refractivity contribution < 1.29 is 0 Å². The number of benzene rings is 1. The number of hydrogen-bond acceptors (Lipinski definition) is 3. The lowest BCUT2D eigenvalue weighted by molar-refractivity contribution is 0.555. The first kappa shape index (κ1) is 22.3. The highest BCUT2D eigenvalue weighted by Gasteiger charge is 2.11. The number of hydrogen-bond donors (Lipinski definition) is 0. The van der Waals surface area contributed by atoms with Crippen LogP contribution in [0.2, 0.25) is 0 Å². The fourth-order valence-electron chi connectivity index (χ4n) is 4.00. The van der Waals surface area contributed by atoms with Gasteiger partial charge in [0.25, 0.3) is 0 Å². The normalized spacial score (nSPS) is 13.5. The van der Waals surface area contributed by atoms with Crippen molar-refractivity contribution in [2.45, 2.75) is 77.6 Å². The summed E-state index contributed by atoms with van der Waals surface area (Å²) in [6.45, 7) is 3.21. The van der Waals surface area contributed by atoms with Gasteiger partial charge in [-0.15, -0.1) is 0 Å². The van der Waals surface area contributed by atoms with Crippen LogP contribution >= 0.6 is 0 Å². The van der Waals surface area contributed by atoms with Gasteiger partial charge in [0.2, 0.25) is 0 Å². The Bertz CT molecular complexity index is 778. The monoisotopic (exact) mass is 403 g/mol. The average molecular weight is 404 g/mol. The quantitative estimate of drug-likeness (QED) is 0.319. The summed E-state index contributed by atoms with van der Waals surface area (Å²) in [5.41, 5.74) is 4.68. The number of pyridine rings is 1. The molecule has 0 unspecified atom stereocenters. The third kappa shape index (κ3) is 7.44. The summed E-state index contributed by atoms with van der Waals surface area (Å²) < 4.78 is 0. The molecule has 0 radical (unpaired) electrons. The minimum Gasteiger partial charge on any atom is -0.327 e. The molecule has 0 fully saturated rings. The maximum atomic E-state index is 4.65. The minimum absolute atomic E-state index is 0.924. The molecule has 0 aliphatic carbocycles. The van der Waals surface area contributed by atoms with Gasteiger partial charge in [0, 0.05) is 18.3 Å². The fraction of sp³-hybridized carbons (Fsp3) is 0.481. The molecule has 0 amide bonds. The Morgan fingerprint density at radius 3 is 2.17 bits per heavy atom. The summed E-state index contributed by atoms with van der Waals surface area (Å²) >= 11 is 0. The summed E-state index contributed by atoms with van der Waals surface area (Å²) in [5.74, 6) is 0. The zero-order valence-electron chi connectivity index (χ0n) is 18.6. The van der Waals surface area contributed by atoms with Crippen LogP contribution in [0.1, 0.15) is 77.6 Å². The van der Waals surface area contributed by atoms with E-state index in [0.717, 1.165) is 29.9 Å². The molecular weight excluding hydrogens is 366 g/mol. The van der Waals surface area contributed by atoms with Crippen molar-refractivity contribution >= 4 is 12.0 Å². The van der Waals surface area contributed by atoms with Crippen molar-refractivity contribution in [3.05, 3.63) is 60.4 Å². The van der Waals surface area contributed by atoms with Crippen LogP contribution in [-0.4, -0.2) is 17.9 Å². The van der Waals surface area contributed by atoms with Gasteiger partial charge in [0.15, 0.2) is 0 Å². The molecule has 1 aromatic carbocycles. The predicted molar refractivity (Wildman–Crippen MR) is 130 cm³/mol. The first-order chi connectivity index (χ1) is 14.9. The molecule has 0 atom stereocenters. The highest BCUT2D eigenvalue weighted by Crippen LogP contribution is 2.23. The van der Waals surface area contributed by atoms with Gasteiger partial charge in [0.05, 0.1) is 23.9 Å². The molecule has 0 saturated heterocycles. The van der Waals surface area contributed by atoms with Crippen molar-refractivity contribution in [2.75, 3.05) is 11.4 Å². The molecule has 0 N–H and O–H groups in total. The Morgan fingerprint density at radius 2 is 1.50 bits per heavy atom. The standard InChI is InChI=1S/C27H37N3/c1-2-3-4-5-6-7-8-9-10-12-15-24-20-28-23-30(22-24)26-18-19-27(29-21-26)25-16-13-11-14-17-25/h11,13-14,16-21,23H,2-10,12,15,22H2,1H3. The van der Waals surface area contributed by atoms with E-state index in [0.29, 0.717) is 0 Å². The lowest BCUT2D eigenvalue weighted by Crippen LogP contribution is -2.26. The Kier molecular flexibility index (Phi) is 9.65. The van der Waals surface area contributed by atoms with Gasteiger partial charge < -0.3 is 4.90 Å². The van der Waals surface area contributed by atoms with E-state index in [2.05, 4.69) is 52.3 Å². The van der Waals surface area contributed by atoms with Crippen LogP contribution in [0.3, 0.4) is 0 Å². The van der Waals surface area contributed by atoms with E-state index in [9.17, 15) is 0 Å². The van der Waals surface area contributed by atoms with Gasteiger partial charge >= 0.3 is 0 Å². The molecule has 1 aliphatic rings. The van der Waals surface area contributed by atoms with Gasteiger partial charge in [-0.3, -0.25) is 4.98 Å².